The Hall–Kier alpha value is -2.10. The lowest BCUT2D eigenvalue weighted by atomic mass is 10.3. The highest BCUT2D eigenvalue weighted by Gasteiger charge is 2.13. The van der Waals surface area contributed by atoms with Crippen molar-refractivity contribution >= 4 is 62.8 Å². The smallest absolute Gasteiger partial charge is 0.311 e. The van der Waals surface area contributed by atoms with Crippen LogP contribution in [0.3, 0.4) is 0 Å². The molecule has 10 heteroatoms. The predicted molar refractivity (Wildman–Crippen MR) is 101 cm³/mol. The minimum absolute atomic E-state index is 0.0838. The minimum Gasteiger partial charge on any atom is -0.466 e. The van der Waals surface area contributed by atoms with E-state index < -0.39 is 0 Å². The number of thiazole rings is 1. The number of thioether (sulfide) groups is 1. The van der Waals surface area contributed by atoms with E-state index >= 15 is 0 Å². The van der Waals surface area contributed by atoms with Gasteiger partial charge in [-0.25, -0.2) is 9.97 Å². The summed E-state index contributed by atoms with van der Waals surface area (Å²) < 4.78 is 10.4. The van der Waals surface area contributed by atoms with E-state index in [1.807, 2.05) is 0 Å². The lowest BCUT2D eigenvalue weighted by Gasteiger charge is -2.00. The van der Waals surface area contributed by atoms with Crippen LogP contribution in [-0.4, -0.2) is 34.2 Å². The number of ether oxygens (including phenoxy) is 1. The molecule has 0 fully saturated rings. The molecule has 7 nitrogen and oxygen atoms in total. The fourth-order valence-electron chi connectivity index (χ4n) is 2.03. The number of esters is 1. The molecule has 3 rings (SSSR count). The van der Waals surface area contributed by atoms with Crippen LogP contribution in [-0.2, 0) is 20.7 Å². The predicted octanol–water partition coefficient (Wildman–Crippen LogP) is 3.77. The number of fused-ring (bicyclic) bond motifs is 1. The van der Waals surface area contributed by atoms with Gasteiger partial charge >= 0.3 is 5.97 Å². The second kappa shape index (κ2) is 8.52. The first-order valence-electron chi connectivity index (χ1n) is 7.62. The third kappa shape index (κ3) is 4.96. The summed E-state index contributed by atoms with van der Waals surface area (Å²) in [6.45, 7) is 2.07. The average Bonchev–Trinajstić information content (AvgIpc) is 3.19. The van der Waals surface area contributed by atoms with Crippen molar-refractivity contribution in [1.82, 2.24) is 9.97 Å². The Kier molecular flexibility index (Phi) is 6.12. The molecule has 26 heavy (non-hydrogen) atoms. The van der Waals surface area contributed by atoms with Gasteiger partial charge in [0.05, 0.1) is 24.5 Å². The van der Waals surface area contributed by atoms with Crippen molar-refractivity contribution in [2.75, 3.05) is 17.7 Å². The lowest BCUT2D eigenvalue weighted by molar-refractivity contribution is -0.142. The van der Waals surface area contributed by atoms with Crippen LogP contribution in [0.25, 0.3) is 11.1 Å². The van der Waals surface area contributed by atoms with Gasteiger partial charge in [0.15, 0.2) is 10.7 Å². The molecule has 1 aromatic carbocycles. The van der Waals surface area contributed by atoms with Gasteiger partial charge in [0.2, 0.25) is 5.91 Å². The van der Waals surface area contributed by atoms with Crippen LogP contribution >= 0.6 is 34.7 Å². The van der Waals surface area contributed by atoms with Gasteiger partial charge in [-0.15, -0.1) is 11.3 Å². The molecule has 0 unspecified atom stereocenters. The molecule has 0 aliphatic carbocycles. The van der Waals surface area contributed by atoms with Crippen LogP contribution in [0, 0.1) is 0 Å². The molecule has 3 aromatic rings. The van der Waals surface area contributed by atoms with E-state index in [9.17, 15) is 9.59 Å². The van der Waals surface area contributed by atoms with Crippen molar-refractivity contribution in [3.8, 4) is 0 Å². The number of oxazole rings is 1. The summed E-state index contributed by atoms with van der Waals surface area (Å²) in [6, 6.07) is 5.15. The largest absolute Gasteiger partial charge is 0.466 e. The quantitative estimate of drug-likeness (QED) is 0.467. The van der Waals surface area contributed by atoms with E-state index in [1.54, 1.807) is 30.5 Å². The summed E-state index contributed by atoms with van der Waals surface area (Å²) in [6.07, 6.45) is 0.0838. The van der Waals surface area contributed by atoms with Crippen molar-refractivity contribution in [1.29, 1.82) is 0 Å². The number of amides is 1. The van der Waals surface area contributed by atoms with Gasteiger partial charge in [-0.2, -0.15) is 0 Å². The number of carbonyl (C=O) groups excluding carboxylic acids is 2. The first-order chi connectivity index (χ1) is 12.5. The van der Waals surface area contributed by atoms with Crippen LogP contribution in [0.5, 0.6) is 0 Å². The zero-order valence-corrected chi connectivity index (χ0v) is 16.0. The lowest BCUT2D eigenvalue weighted by Crippen LogP contribution is -2.14. The molecule has 0 bridgehead atoms. The van der Waals surface area contributed by atoms with Gasteiger partial charge in [0.25, 0.3) is 5.22 Å². The summed E-state index contributed by atoms with van der Waals surface area (Å²) in [5.74, 6) is -0.470. The summed E-state index contributed by atoms with van der Waals surface area (Å²) in [5, 5.41) is 5.79. The molecule has 1 N–H and O–H groups in total. The summed E-state index contributed by atoms with van der Waals surface area (Å²) in [4.78, 5) is 31.9. The van der Waals surface area contributed by atoms with Gasteiger partial charge in [-0.05, 0) is 25.1 Å². The Labute approximate surface area is 162 Å². The topological polar surface area (TPSA) is 94.3 Å². The first-order valence-corrected chi connectivity index (χ1v) is 9.86. The summed E-state index contributed by atoms with van der Waals surface area (Å²) >= 11 is 8.33. The number of hydrogen-bond donors (Lipinski definition) is 1. The number of benzene rings is 1. The van der Waals surface area contributed by atoms with Crippen LogP contribution in [0.4, 0.5) is 5.13 Å². The van der Waals surface area contributed by atoms with Crippen molar-refractivity contribution in [3.63, 3.8) is 0 Å². The van der Waals surface area contributed by atoms with E-state index in [0.29, 0.717) is 38.8 Å². The molecule has 136 valence electrons. The standard InChI is InChI=1S/C16H14ClN3O4S2/c1-2-23-14(22)6-10-7-25-15(18-10)20-13(21)8-26-16-19-11-5-9(17)3-4-12(11)24-16/h3-5,7H,2,6,8H2,1H3,(H,18,20,21). The molecule has 1 amide bonds. The second-order valence-corrected chi connectivity index (χ2v) is 7.28. The van der Waals surface area contributed by atoms with Crippen LogP contribution in [0.15, 0.2) is 33.2 Å². The maximum Gasteiger partial charge on any atom is 0.311 e. The van der Waals surface area contributed by atoms with Crippen molar-refractivity contribution in [2.45, 2.75) is 18.6 Å². The zero-order chi connectivity index (χ0) is 18.5. The van der Waals surface area contributed by atoms with E-state index in [-0.39, 0.29) is 24.1 Å². The number of nitrogens with zero attached hydrogens (tertiary/aromatic N) is 2. The Morgan fingerprint density at radius 2 is 2.23 bits per heavy atom. The first kappa shape index (κ1) is 18.7. The molecular weight excluding hydrogens is 398 g/mol. The Balaban J connectivity index is 1.52. The van der Waals surface area contributed by atoms with Gasteiger partial charge in [-0.3, -0.25) is 9.59 Å². The van der Waals surface area contributed by atoms with Gasteiger partial charge in [0, 0.05) is 10.4 Å². The average molecular weight is 412 g/mol. The Bertz CT molecular complexity index is 941. The maximum atomic E-state index is 12.0. The summed E-state index contributed by atoms with van der Waals surface area (Å²) in [7, 11) is 0. The fraction of sp³-hybridized carbons (Fsp3) is 0.250. The molecule has 0 atom stereocenters. The third-order valence-corrected chi connectivity index (χ3v) is 4.96. The third-order valence-electron chi connectivity index (χ3n) is 3.09. The number of carbonyl (C=O) groups is 2. The number of anilines is 1. The Morgan fingerprint density at radius 1 is 1.38 bits per heavy atom. The molecule has 0 saturated carbocycles. The molecule has 2 heterocycles. The molecule has 0 aliphatic rings. The van der Waals surface area contributed by atoms with Crippen LogP contribution in [0.2, 0.25) is 5.02 Å². The minimum atomic E-state index is -0.345. The number of rotatable bonds is 7. The van der Waals surface area contributed by atoms with E-state index in [0.717, 1.165) is 0 Å². The normalized spacial score (nSPS) is 10.8. The van der Waals surface area contributed by atoms with Crippen LogP contribution in [0.1, 0.15) is 12.6 Å². The molecule has 0 aliphatic heterocycles. The van der Waals surface area contributed by atoms with Gasteiger partial charge < -0.3 is 14.5 Å². The van der Waals surface area contributed by atoms with Gasteiger partial charge in [0.1, 0.15) is 5.52 Å². The van der Waals surface area contributed by atoms with Gasteiger partial charge in [-0.1, -0.05) is 23.4 Å². The maximum absolute atomic E-state index is 12.0. The van der Waals surface area contributed by atoms with E-state index in [1.165, 1.54) is 23.1 Å². The second-order valence-electron chi connectivity index (χ2n) is 5.05. The number of halogens is 1. The molecule has 0 spiro atoms. The van der Waals surface area contributed by atoms with Crippen molar-refractivity contribution in [2.24, 2.45) is 0 Å². The number of hydrogen-bond acceptors (Lipinski definition) is 8. The van der Waals surface area contributed by atoms with Crippen molar-refractivity contribution in [3.05, 3.63) is 34.3 Å². The number of aromatic nitrogens is 2. The van der Waals surface area contributed by atoms with Crippen molar-refractivity contribution < 1.29 is 18.7 Å². The van der Waals surface area contributed by atoms with E-state index in [4.69, 9.17) is 20.8 Å². The highest BCUT2D eigenvalue weighted by Crippen LogP contribution is 2.26. The Morgan fingerprint density at radius 3 is 3.04 bits per heavy atom. The zero-order valence-electron chi connectivity index (χ0n) is 13.7. The molecule has 2 aromatic heterocycles. The number of nitrogens with one attached hydrogen (secondary N) is 1. The SMILES string of the molecule is CCOC(=O)Cc1csc(NC(=O)CSc2nc3cc(Cl)ccc3o2)n1. The van der Waals surface area contributed by atoms with E-state index in [2.05, 4.69) is 15.3 Å². The molecular formula is C16H14ClN3O4S2. The summed E-state index contributed by atoms with van der Waals surface area (Å²) in [5.41, 5.74) is 1.82. The fourth-order valence-corrected chi connectivity index (χ4v) is 3.56. The molecule has 0 saturated heterocycles. The highest BCUT2D eigenvalue weighted by atomic mass is 35.5. The molecule has 0 radical (unpaired) electrons. The monoisotopic (exact) mass is 411 g/mol. The highest BCUT2D eigenvalue weighted by molar-refractivity contribution is 7.99. The van der Waals surface area contributed by atoms with Crippen LogP contribution < -0.4 is 5.32 Å².